The standard InChI is InChI=1S/CH4N2O.N3/c2-1(3)4;1-3-2/h(H4,2,3,4);/q;-1. The van der Waals surface area contributed by atoms with Crippen molar-refractivity contribution in [1.29, 1.82) is 0 Å². The maximum Gasteiger partial charge on any atom is 0.309 e. The van der Waals surface area contributed by atoms with Gasteiger partial charge >= 0.3 is 6.03 Å². The Morgan fingerprint density at radius 1 is 1.43 bits per heavy atom. The van der Waals surface area contributed by atoms with E-state index in [1.807, 2.05) is 0 Å². The van der Waals surface area contributed by atoms with E-state index in [2.05, 4.69) is 11.5 Å². The molecule has 0 aliphatic carbocycles. The number of amides is 2. The Bertz CT molecular complexity index is 76.1. The zero-order chi connectivity index (χ0) is 6.28. The number of carbonyl (C=O) groups excluding carboxylic acids is 1. The zero-order valence-electron chi connectivity index (χ0n) is 3.40. The van der Waals surface area contributed by atoms with Gasteiger partial charge in [0.15, 0.2) is 0 Å². The Hall–Kier alpha value is -1.42. The molecule has 0 bridgehead atoms. The van der Waals surface area contributed by atoms with E-state index in [9.17, 15) is 0 Å². The predicted molar refractivity (Wildman–Crippen MR) is 23.8 cm³/mol. The van der Waals surface area contributed by atoms with Crippen molar-refractivity contribution >= 4 is 6.03 Å². The van der Waals surface area contributed by atoms with Gasteiger partial charge in [-0.3, -0.25) is 4.91 Å². The maximum atomic E-state index is 9.00. The number of carbonyl (C=O) groups is 1. The molecule has 0 heterocycles. The Morgan fingerprint density at radius 2 is 1.43 bits per heavy atom. The quantitative estimate of drug-likeness (QED) is 0.247. The lowest BCUT2D eigenvalue weighted by Gasteiger charge is -1.62. The zero-order valence-corrected chi connectivity index (χ0v) is 3.40. The van der Waals surface area contributed by atoms with E-state index in [1.54, 1.807) is 0 Å². The van der Waals surface area contributed by atoms with Crippen LogP contribution in [0, 0.1) is 0 Å². The van der Waals surface area contributed by atoms with Gasteiger partial charge in [0.2, 0.25) is 0 Å². The highest BCUT2D eigenvalue weighted by molar-refractivity contribution is 5.69. The average molecular weight is 102 g/mol. The summed E-state index contributed by atoms with van der Waals surface area (Å²) < 4.78 is 0. The third kappa shape index (κ3) is 15.1. The van der Waals surface area contributed by atoms with Crippen LogP contribution in [0.4, 0.5) is 4.79 Å². The van der Waals surface area contributed by atoms with Crippen LogP contribution < -0.4 is 11.5 Å². The van der Waals surface area contributed by atoms with Crippen molar-refractivity contribution in [3.05, 3.63) is 16.0 Å². The average Bonchev–Trinajstić information content (AvgIpc) is 1.33. The van der Waals surface area contributed by atoms with Gasteiger partial charge in [-0.1, -0.05) is 0 Å². The predicted octanol–water partition coefficient (Wildman–Crippen LogP) is -0.110. The van der Waals surface area contributed by atoms with Gasteiger partial charge in [-0.15, -0.1) is 0 Å². The van der Waals surface area contributed by atoms with E-state index >= 15 is 0 Å². The molecule has 0 saturated carbocycles. The molecule has 7 heavy (non-hydrogen) atoms. The van der Waals surface area contributed by atoms with Crippen molar-refractivity contribution in [2.75, 3.05) is 0 Å². The summed E-state index contributed by atoms with van der Waals surface area (Å²) in [7, 11) is 0. The lowest BCUT2D eigenvalue weighted by atomic mass is 11.2. The van der Waals surface area contributed by atoms with Gasteiger partial charge in [-0.25, -0.2) is 4.79 Å². The minimum atomic E-state index is -0.833. The summed E-state index contributed by atoms with van der Waals surface area (Å²) in [4.78, 5) is 10.5. The fourth-order valence-corrected chi connectivity index (χ4v) is 0. The van der Waals surface area contributed by atoms with Crippen molar-refractivity contribution in [3.63, 3.8) is 0 Å². The van der Waals surface area contributed by atoms with Crippen LogP contribution in [0.25, 0.3) is 16.0 Å². The SMILES string of the molecule is NC(N)=O.[N-]=[N+]=[N-]. The van der Waals surface area contributed by atoms with E-state index in [4.69, 9.17) is 15.9 Å². The summed E-state index contributed by atoms with van der Waals surface area (Å²) >= 11 is 0. The highest BCUT2D eigenvalue weighted by atomic mass is 16.2. The van der Waals surface area contributed by atoms with Crippen LogP contribution in [0.1, 0.15) is 0 Å². The van der Waals surface area contributed by atoms with Gasteiger partial charge in [0.25, 0.3) is 0 Å². The van der Waals surface area contributed by atoms with E-state index in [0.717, 1.165) is 0 Å². The molecule has 6 nitrogen and oxygen atoms in total. The lowest BCUT2D eigenvalue weighted by Crippen LogP contribution is -2.18. The molecule has 0 aromatic rings. The Labute approximate surface area is 39.5 Å². The second kappa shape index (κ2) is 8.82. The highest BCUT2D eigenvalue weighted by Crippen LogP contribution is 1.29. The fourth-order valence-electron chi connectivity index (χ4n) is 0. The van der Waals surface area contributed by atoms with Crippen molar-refractivity contribution in [1.82, 2.24) is 0 Å². The molecule has 6 heteroatoms. The number of hydrogen-bond acceptors (Lipinski definition) is 1. The van der Waals surface area contributed by atoms with Crippen LogP contribution in [0.2, 0.25) is 0 Å². The Kier molecular flexibility index (Phi) is 11.5. The normalized spacial score (nSPS) is 4.57. The van der Waals surface area contributed by atoms with Gasteiger partial charge in [-0.2, -0.15) is 0 Å². The molecule has 0 aromatic heterocycles. The van der Waals surface area contributed by atoms with Crippen molar-refractivity contribution < 1.29 is 4.79 Å². The number of rotatable bonds is 0. The molecular weight excluding hydrogens is 98.0 g/mol. The number of nitrogens with two attached hydrogens (primary N) is 2. The van der Waals surface area contributed by atoms with Gasteiger partial charge in [0.1, 0.15) is 0 Å². The Morgan fingerprint density at radius 3 is 1.43 bits per heavy atom. The van der Waals surface area contributed by atoms with Crippen molar-refractivity contribution in [2.45, 2.75) is 0 Å². The molecule has 40 valence electrons. The first-order valence-electron chi connectivity index (χ1n) is 1.18. The molecule has 2 amide bonds. The van der Waals surface area contributed by atoms with E-state index in [-0.39, 0.29) is 0 Å². The minimum Gasteiger partial charge on any atom is -0.373 e. The lowest BCUT2D eigenvalue weighted by molar-refractivity contribution is 0.256. The number of hydrogen-bond donors (Lipinski definition) is 2. The first-order chi connectivity index (χ1) is 3.15. The van der Waals surface area contributed by atoms with Gasteiger partial charge < -0.3 is 22.5 Å². The molecule has 4 N–H and O–H groups in total. The first-order valence-corrected chi connectivity index (χ1v) is 1.18. The van der Waals surface area contributed by atoms with Crippen molar-refractivity contribution in [2.24, 2.45) is 11.5 Å². The van der Waals surface area contributed by atoms with Crippen molar-refractivity contribution in [3.8, 4) is 0 Å². The summed E-state index contributed by atoms with van der Waals surface area (Å²) in [6.45, 7) is 0. The highest BCUT2D eigenvalue weighted by Gasteiger charge is 1.60. The molecule has 0 aliphatic rings. The van der Waals surface area contributed by atoms with Crippen LogP contribution in [0.15, 0.2) is 0 Å². The molecule has 0 aliphatic heterocycles. The number of urea groups is 1. The van der Waals surface area contributed by atoms with E-state index in [0.29, 0.717) is 0 Å². The van der Waals surface area contributed by atoms with Crippen LogP contribution >= 0.6 is 0 Å². The molecule has 0 spiro atoms. The third-order valence-corrected chi connectivity index (χ3v) is 0. The van der Waals surface area contributed by atoms with Gasteiger partial charge in [0, 0.05) is 0 Å². The molecule has 0 radical (unpaired) electrons. The molecule has 0 fully saturated rings. The minimum absolute atomic E-state index is 0.833. The summed E-state index contributed by atoms with van der Waals surface area (Å²) in [6, 6.07) is -0.833. The number of nitrogens with zero attached hydrogens (tertiary/aromatic N) is 3. The third-order valence-electron chi connectivity index (χ3n) is 0. The number of primary amides is 2. The molecule has 0 saturated heterocycles. The topological polar surface area (TPSA) is 128 Å². The van der Waals surface area contributed by atoms with Gasteiger partial charge in [0.05, 0.1) is 0 Å². The summed E-state index contributed by atoms with van der Waals surface area (Å²) in [5.41, 5.74) is 22.0. The largest absolute Gasteiger partial charge is 0.373 e. The van der Waals surface area contributed by atoms with Crippen LogP contribution in [-0.2, 0) is 0 Å². The smallest absolute Gasteiger partial charge is 0.309 e. The van der Waals surface area contributed by atoms with E-state index < -0.39 is 6.03 Å². The van der Waals surface area contributed by atoms with Gasteiger partial charge in [-0.05, 0) is 0 Å². The Balaban J connectivity index is 0. The molecule has 0 unspecified atom stereocenters. The molecule has 0 aromatic carbocycles. The second-order valence-electron chi connectivity index (χ2n) is 0.492. The maximum absolute atomic E-state index is 9.00. The summed E-state index contributed by atoms with van der Waals surface area (Å²) in [6.07, 6.45) is 0. The van der Waals surface area contributed by atoms with E-state index in [1.165, 1.54) is 4.91 Å². The fraction of sp³-hybridized carbons (Fsp3) is 0. The molecule has 0 rings (SSSR count). The van der Waals surface area contributed by atoms with Crippen LogP contribution in [-0.4, -0.2) is 6.03 Å². The summed E-state index contributed by atoms with van der Waals surface area (Å²) in [5, 5.41) is 0. The molecular formula is CH4N5O-. The van der Waals surface area contributed by atoms with Crippen LogP contribution in [0.3, 0.4) is 0 Å². The molecule has 0 atom stereocenters. The first kappa shape index (κ1) is 9.13. The second-order valence-corrected chi connectivity index (χ2v) is 0.492. The summed E-state index contributed by atoms with van der Waals surface area (Å²) in [5.74, 6) is 0. The monoisotopic (exact) mass is 102 g/mol. The van der Waals surface area contributed by atoms with Crippen LogP contribution in [0.5, 0.6) is 0 Å².